The molecule has 52 valence electrons. The molecule has 1 aliphatic rings. The largest absolute Gasteiger partial charge is 0.290 e. The molecule has 0 aromatic carbocycles. The Hall–Kier alpha value is -0.220. The van der Waals surface area contributed by atoms with E-state index in [1.165, 1.54) is 0 Å². The minimum Gasteiger partial charge on any atom is -0.290 e. The number of thioether (sulfide) groups is 1. The van der Waals surface area contributed by atoms with Crippen molar-refractivity contribution in [1.29, 1.82) is 0 Å². The van der Waals surface area contributed by atoms with Gasteiger partial charge in [0.2, 0.25) is 0 Å². The number of hydrogen-bond acceptors (Lipinski definition) is 4. The topological polar surface area (TPSA) is 44.6 Å². The summed E-state index contributed by atoms with van der Waals surface area (Å²) in [5.41, 5.74) is 2.08. The Bertz CT molecular complexity index is 126. The lowest BCUT2D eigenvalue weighted by atomic mass is 10.4. The molecule has 2 N–H and O–H groups in total. The van der Waals surface area contributed by atoms with Gasteiger partial charge in [-0.3, -0.25) is 15.7 Å². The minimum atomic E-state index is 0.323. The van der Waals surface area contributed by atoms with E-state index in [0.29, 0.717) is 11.1 Å². The fourth-order valence-electron chi connectivity index (χ4n) is 0.729. The predicted molar refractivity (Wildman–Crippen MR) is 39.1 cm³/mol. The molecule has 0 radical (unpaired) electrons. The van der Waals surface area contributed by atoms with Crippen molar-refractivity contribution in [2.45, 2.75) is 12.2 Å². The van der Waals surface area contributed by atoms with Crippen LogP contribution in [-0.4, -0.2) is 28.6 Å². The van der Waals surface area contributed by atoms with Gasteiger partial charge in [-0.2, -0.15) is 0 Å². The van der Waals surface area contributed by atoms with Crippen LogP contribution in [-0.2, 0) is 0 Å². The summed E-state index contributed by atoms with van der Waals surface area (Å²) in [6.07, 6.45) is 0. The van der Waals surface area contributed by atoms with Gasteiger partial charge in [0.25, 0.3) is 0 Å². The standard InChI is InChI=1S/C5H10N2OS/c1-4-5(7-8)6-2-3-9-4/h4,8H,2-3H2,1H3,(H,6,7). The van der Waals surface area contributed by atoms with Gasteiger partial charge in [-0.25, -0.2) is 0 Å². The molecule has 0 amide bonds. The van der Waals surface area contributed by atoms with Gasteiger partial charge >= 0.3 is 0 Å². The summed E-state index contributed by atoms with van der Waals surface area (Å²) in [4.78, 5) is 4.06. The highest BCUT2D eigenvalue weighted by Crippen LogP contribution is 2.14. The van der Waals surface area contributed by atoms with Gasteiger partial charge in [0.05, 0.1) is 11.8 Å². The number of hydrogen-bond donors (Lipinski definition) is 2. The minimum absolute atomic E-state index is 0.323. The van der Waals surface area contributed by atoms with E-state index in [2.05, 4.69) is 10.5 Å². The van der Waals surface area contributed by atoms with Crippen LogP contribution in [0.1, 0.15) is 6.92 Å². The monoisotopic (exact) mass is 146 g/mol. The number of aliphatic imine (C=N–C) groups is 1. The molecule has 1 heterocycles. The molecule has 0 aromatic rings. The Balaban J connectivity index is 2.53. The average Bonchev–Trinajstić information content (AvgIpc) is 1.89. The maximum Gasteiger partial charge on any atom is 0.133 e. The molecule has 1 aliphatic heterocycles. The van der Waals surface area contributed by atoms with E-state index in [9.17, 15) is 0 Å². The van der Waals surface area contributed by atoms with Crippen molar-refractivity contribution >= 4 is 17.6 Å². The third-order valence-electron chi connectivity index (χ3n) is 1.24. The average molecular weight is 146 g/mol. The van der Waals surface area contributed by atoms with E-state index in [1.807, 2.05) is 6.92 Å². The second-order valence-corrected chi connectivity index (χ2v) is 3.34. The molecule has 0 saturated heterocycles. The van der Waals surface area contributed by atoms with E-state index >= 15 is 0 Å². The molecule has 0 spiro atoms. The molecular formula is C5H10N2OS. The number of rotatable bonds is 0. The number of nitrogens with one attached hydrogen (secondary N) is 1. The smallest absolute Gasteiger partial charge is 0.133 e. The first kappa shape index (κ1) is 6.89. The van der Waals surface area contributed by atoms with Gasteiger partial charge in [-0.15, -0.1) is 11.8 Å². The fraction of sp³-hybridized carbons (Fsp3) is 0.800. The molecular weight excluding hydrogens is 136 g/mol. The molecule has 1 atom stereocenters. The summed E-state index contributed by atoms with van der Waals surface area (Å²) < 4.78 is 0. The lowest BCUT2D eigenvalue weighted by Gasteiger charge is -2.16. The zero-order chi connectivity index (χ0) is 6.69. The maximum atomic E-state index is 8.47. The molecule has 0 saturated carbocycles. The lowest BCUT2D eigenvalue weighted by molar-refractivity contribution is 0.232. The van der Waals surface area contributed by atoms with E-state index in [-0.39, 0.29) is 0 Å². The van der Waals surface area contributed by atoms with Crippen LogP contribution in [0.2, 0.25) is 0 Å². The Morgan fingerprint density at radius 1 is 1.89 bits per heavy atom. The van der Waals surface area contributed by atoms with Crippen molar-refractivity contribution < 1.29 is 5.21 Å². The third kappa shape index (κ3) is 1.59. The zero-order valence-corrected chi connectivity index (χ0v) is 6.11. The van der Waals surface area contributed by atoms with Crippen LogP contribution in [0, 0.1) is 0 Å². The molecule has 3 nitrogen and oxygen atoms in total. The van der Waals surface area contributed by atoms with Crippen LogP contribution in [0.15, 0.2) is 4.99 Å². The first-order valence-electron chi connectivity index (χ1n) is 2.90. The first-order chi connectivity index (χ1) is 4.34. The number of hydroxylamine groups is 1. The highest BCUT2D eigenvalue weighted by molar-refractivity contribution is 8.00. The van der Waals surface area contributed by atoms with Gasteiger partial charge < -0.3 is 0 Å². The first-order valence-corrected chi connectivity index (χ1v) is 3.95. The Morgan fingerprint density at radius 2 is 2.67 bits per heavy atom. The second-order valence-electron chi connectivity index (χ2n) is 1.89. The predicted octanol–water partition coefficient (Wildman–Crippen LogP) is 0.499. The van der Waals surface area contributed by atoms with Gasteiger partial charge in [0.1, 0.15) is 5.84 Å². The molecule has 4 heteroatoms. The van der Waals surface area contributed by atoms with Crippen LogP contribution in [0.5, 0.6) is 0 Å². The van der Waals surface area contributed by atoms with Crippen molar-refractivity contribution in [3.8, 4) is 0 Å². The summed E-state index contributed by atoms with van der Waals surface area (Å²) in [6.45, 7) is 2.84. The molecule has 1 unspecified atom stereocenters. The molecule has 0 fully saturated rings. The Morgan fingerprint density at radius 3 is 3.11 bits per heavy atom. The van der Waals surface area contributed by atoms with Crippen LogP contribution in [0.4, 0.5) is 0 Å². The Labute approximate surface area is 58.5 Å². The van der Waals surface area contributed by atoms with Crippen molar-refractivity contribution in [2.75, 3.05) is 12.3 Å². The molecule has 0 aromatic heterocycles. The van der Waals surface area contributed by atoms with Crippen molar-refractivity contribution in [2.24, 2.45) is 4.99 Å². The van der Waals surface area contributed by atoms with Crippen LogP contribution in [0.25, 0.3) is 0 Å². The van der Waals surface area contributed by atoms with Crippen LogP contribution >= 0.6 is 11.8 Å². The van der Waals surface area contributed by atoms with Crippen molar-refractivity contribution in [1.82, 2.24) is 5.48 Å². The number of amidine groups is 1. The second kappa shape index (κ2) is 3.08. The third-order valence-corrected chi connectivity index (χ3v) is 2.38. The van der Waals surface area contributed by atoms with Crippen molar-refractivity contribution in [3.05, 3.63) is 0 Å². The quantitative estimate of drug-likeness (QED) is 0.489. The maximum absolute atomic E-state index is 8.47. The summed E-state index contributed by atoms with van der Waals surface area (Å²) in [5, 5.41) is 8.79. The van der Waals surface area contributed by atoms with Gasteiger partial charge in [0, 0.05) is 5.75 Å². The fourth-order valence-corrected chi connectivity index (χ4v) is 1.56. The molecule has 1 rings (SSSR count). The van der Waals surface area contributed by atoms with Crippen molar-refractivity contribution in [3.63, 3.8) is 0 Å². The summed E-state index contributed by atoms with van der Waals surface area (Å²) in [6, 6.07) is 0. The SMILES string of the molecule is CC1SCCN=C1NO. The lowest BCUT2D eigenvalue weighted by Crippen LogP contribution is -2.31. The Kier molecular flexibility index (Phi) is 2.36. The summed E-state index contributed by atoms with van der Waals surface area (Å²) in [5.74, 6) is 1.76. The van der Waals surface area contributed by atoms with Gasteiger partial charge in [-0.1, -0.05) is 0 Å². The zero-order valence-electron chi connectivity index (χ0n) is 5.29. The van der Waals surface area contributed by atoms with E-state index in [1.54, 1.807) is 11.8 Å². The molecule has 0 aliphatic carbocycles. The summed E-state index contributed by atoms with van der Waals surface area (Å²) in [7, 11) is 0. The van der Waals surface area contributed by atoms with E-state index in [0.717, 1.165) is 12.3 Å². The highest BCUT2D eigenvalue weighted by Gasteiger charge is 2.13. The van der Waals surface area contributed by atoms with Crippen LogP contribution in [0.3, 0.4) is 0 Å². The highest BCUT2D eigenvalue weighted by atomic mass is 32.2. The van der Waals surface area contributed by atoms with Gasteiger partial charge in [-0.05, 0) is 6.92 Å². The van der Waals surface area contributed by atoms with E-state index < -0.39 is 0 Å². The van der Waals surface area contributed by atoms with E-state index in [4.69, 9.17) is 5.21 Å². The van der Waals surface area contributed by atoms with Gasteiger partial charge in [0.15, 0.2) is 0 Å². The molecule has 9 heavy (non-hydrogen) atoms. The summed E-state index contributed by atoms with van der Waals surface area (Å²) >= 11 is 1.80. The molecule has 0 bridgehead atoms. The van der Waals surface area contributed by atoms with Crippen LogP contribution < -0.4 is 5.48 Å². The number of nitrogens with zero attached hydrogens (tertiary/aromatic N) is 1. The normalized spacial score (nSPS) is 27.3.